The number of hydrogen-bond acceptors (Lipinski definition) is 3. The molecule has 1 saturated heterocycles. The van der Waals surface area contributed by atoms with Crippen molar-refractivity contribution in [3.63, 3.8) is 0 Å². The normalized spacial score (nSPS) is 27.9. The van der Waals surface area contributed by atoms with E-state index in [0.717, 1.165) is 57.4 Å². The molecule has 1 heterocycles. The Bertz CT molecular complexity index is 520. The van der Waals surface area contributed by atoms with Crippen molar-refractivity contribution >= 4 is 5.91 Å². The number of likely N-dealkylation sites (tertiary alicyclic amines) is 1. The fourth-order valence-electron chi connectivity index (χ4n) is 3.88. The van der Waals surface area contributed by atoms with E-state index in [4.69, 9.17) is 4.74 Å². The molecule has 0 spiro atoms. The zero-order valence-electron chi connectivity index (χ0n) is 13.9. The number of methoxy groups -OCH3 is 1. The van der Waals surface area contributed by atoms with Gasteiger partial charge in [-0.2, -0.15) is 0 Å². The maximum Gasteiger partial charge on any atom is 0.225 e. The fraction of sp³-hybridized carbons (Fsp3) is 0.632. The summed E-state index contributed by atoms with van der Waals surface area (Å²) in [4.78, 5) is 14.7. The van der Waals surface area contributed by atoms with E-state index >= 15 is 0 Å². The molecule has 1 N–H and O–H groups in total. The molecular formula is C19H27NO3. The lowest BCUT2D eigenvalue weighted by Crippen LogP contribution is -2.37. The molecule has 1 aromatic rings. The van der Waals surface area contributed by atoms with Crippen LogP contribution in [0.25, 0.3) is 0 Å². The molecule has 23 heavy (non-hydrogen) atoms. The zero-order valence-corrected chi connectivity index (χ0v) is 13.9. The first-order valence-electron chi connectivity index (χ1n) is 8.75. The van der Waals surface area contributed by atoms with Crippen LogP contribution in [0.3, 0.4) is 0 Å². The number of nitrogens with zero attached hydrogens (tertiary/aromatic N) is 1. The van der Waals surface area contributed by atoms with Crippen LogP contribution in [0.2, 0.25) is 0 Å². The van der Waals surface area contributed by atoms with Crippen molar-refractivity contribution in [2.75, 3.05) is 20.2 Å². The highest BCUT2D eigenvalue weighted by molar-refractivity contribution is 5.79. The van der Waals surface area contributed by atoms with Crippen LogP contribution in [0.4, 0.5) is 0 Å². The second kappa shape index (κ2) is 7.35. The van der Waals surface area contributed by atoms with Gasteiger partial charge in [0.25, 0.3) is 0 Å². The Kier molecular flexibility index (Phi) is 5.21. The van der Waals surface area contributed by atoms with Crippen LogP contribution in [0, 0.1) is 11.8 Å². The number of rotatable bonds is 4. The van der Waals surface area contributed by atoms with Gasteiger partial charge in [0.1, 0.15) is 5.75 Å². The minimum atomic E-state index is -0.194. The average Bonchev–Trinajstić information content (AvgIpc) is 3.04. The Labute approximate surface area is 138 Å². The molecule has 1 unspecified atom stereocenters. The number of benzene rings is 1. The molecule has 3 rings (SSSR count). The van der Waals surface area contributed by atoms with Gasteiger partial charge in [0.15, 0.2) is 0 Å². The highest BCUT2D eigenvalue weighted by atomic mass is 16.5. The first kappa shape index (κ1) is 16.3. The Balaban J connectivity index is 1.50. The SMILES string of the molecule is COc1ccc(CC2CCN(C(=O)C3CCC(O)CC3)C2)cc1. The summed E-state index contributed by atoms with van der Waals surface area (Å²) in [6.07, 6.45) is 5.17. The first-order chi connectivity index (χ1) is 11.2. The molecule has 1 aliphatic heterocycles. The molecule has 0 radical (unpaired) electrons. The maximum atomic E-state index is 12.6. The predicted octanol–water partition coefficient (Wildman–Crippen LogP) is 2.64. The molecule has 1 amide bonds. The van der Waals surface area contributed by atoms with E-state index in [9.17, 15) is 9.90 Å². The third kappa shape index (κ3) is 4.05. The summed E-state index contributed by atoms with van der Waals surface area (Å²) in [7, 11) is 1.68. The van der Waals surface area contributed by atoms with Gasteiger partial charge in [-0.05, 0) is 62.1 Å². The molecule has 2 fully saturated rings. The van der Waals surface area contributed by atoms with Gasteiger partial charge in [-0.25, -0.2) is 0 Å². The fourth-order valence-corrected chi connectivity index (χ4v) is 3.88. The second-order valence-corrected chi connectivity index (χ2v) is 7.00. The number of hydrogen-bond donors (Lipinski definition) is 1. The molecule has 0 bridgehead atoms. The lowest BCUT2D eigenvalue weighted by atomic mass is 9.86. The maximum absolute atomic E-state index is 12.6. The summed E-state index contributed by atoms with van der Waals surface area (Å²) in [6, 6.07) is 8.23. The summed E-state index contributed by atoms with van der Waals surface area (Å²) >= 11 is 0. The Morgan fingerprint density at radius 1 is 1.17 bits per heavy atom. The van der Waals surface area contributed by atoms with Crippen LogP contribution in [-0.2, 0) is 11.2 Å². The summed E-state index contributed by atoms with van der Waals surface area (Å²) in [5.74, 6) is 1.89. The van der Waals surface area contributed by atoms with Crippen molar-refractivity contribution in [1.82, 2.24) is 4.90 Å². The van der Waals surface area contributed by atoms with Crippen molar-refractivity contribution < 1.29 is 14.6 Å². The first-order valence-corrected chi connectivity index (χ1v) is 8.75. The molecule has 126 valence electrons. The molecule has 1 aromatic carbocycles. The standard InChI is InChI=1S/C19H27NO3/c1-23-18-8-2-14(3-9-18)12-15-10-11-20(13-15)19(22)16-4-6-17(21)7-5-16/h2-3,8-9,15-17,21H,4-7,10-13H2,1H3. The van der Waals surface area contributed by atoms with Crippen molar-refractivity contribution in [2.24, 2.45) is 11.8 Å². The van der Waals surface area contributed by atoms with Gasteiger partial charge in [0, 0.05) is 19.0 Å². The van der Waals surface area contributed by atoms with E-state index in [2.05, 4.69) is 17.0 Å². The topological polar surface area (TPSA) is 49.8 Å². The van der Waals surface area contributed by atoms with E-state index in [0.29, 0.717) is 11.8 Å². The zero-order chi connectivity index (χ0) is 16.2. The average molecular weight is 317 g/mol. The molecule has 1 aliphatic carbocycles. The Morgan fingerprint density at radius 2 is 1.87 bits per heavy atom. The van der Waals surface area contributed by atoms with Crippen LogP contribution in [0.15, 0.2) is 24.3 Å². The summed E-state index contributed by atoms with van der Waals surface area (Å²) in [5, 5.41) is 9.58. The third-order valence-electron chi connectivity index (χ3n) is 5.33. The van der Waals surface area contributed by atoms with Crippen molar-refractivity contribution in [3.8, 4) is 5.75 Å². The van der Waals surface area contributed by atoms with Gasteiger partial charge in [-0.15, -0.1) is 0 Å². The second-order valence-electron chi connectivity index (χ2n) is 7.00. The molecular weight excluding hydrogens is 290 g/mol. The lowest BCUT2D eigenvalue weighted by molar-refractivity contribution is -0.136. The number of carbonyl (C=O) groups is 1. The van der Waals surface area contributed by atoms with Gasteiger partial charge < -0.3 is 14.7 Å². The summed E-state index contributed by atoms with van der Waals surface area (Å²) in [5.41, 5.74) is 1.31. The van der Waals surface area contributed by atoms with Crippen molar-refractivity contribution in [2.45, 2.75) is 44.6 Å². The van der Waals surface area contributed by atoms with Crippen molar-refractivity contribution in [1.29, 1.82) is 0 Å². The molecule has 1 saturated carbocycles. The number of amides is 1. The number of ether oxygens (including phenoxy) is 1. The highest BCUT2D eigenvalue weighted by Gasteiger charge is 2.32. The lowest BCUT2D eigenvalue weighted by Gasteiger charge is -2.28. The largest absolute Gasteiger partial charge is 0.497 e. The third-order valence-corrected chi connectivity index (χ3v) is 5.33. The van der Waals surface area contributed by atoms with E-state index in [1.807, 2.05) is 12.1 Å². The summed E-state index contributed by atoms with van der Waals surface area (Å²) in [6.45, 7) is 1.77. The van der Waals surface area contributed by atoms with Gasteiger partial charge >= 0.3 is 0 Å². The quantitative estimate of drug-likeness (QED) is 0.929. The van der Waals surface area contributed by atoms with Crippen LogP contribution < -0.4 is 4.74 Å². The van der Waals surface area contributed by atoms with Gasteiger partial charge in [-0.1, -0.05) is 12.1 Å². The minimum absolute atomic E-state index is 0.137. The van der Waals surface area contributed by atoms with Gasteiger partial charge in [-0.3, -0.25) is 4.79 Å². The van der Waals surface area contributed by atoms with Gasteiger partial charge in [0.2, 0.25) is 5.91 Å². The van der Waals surface area contributed by atoms with Crippen molar-refractivity contribution in [3.05, 3.63) is 29.8 Å². The Hall–Kier alpha value is -1.55. The van der Waals surface area contributed by atoms with Crippen LogP contribution in [0.5, 0.6) is 5.75 Å². The highest BCUT2D eigenvalue weighted by Crippen LogP contribution is 2.29. The number of carbonyl (C=O) groups excluding carboxylic acids is 1. The monoisotopic (exact) mass is 317 g/mol. The Morgan fingerprint density at radius 3 is 2.52 bits per heavy atom. The number of aliphatic hydroxyl groups excluding tert-OH is 1. The molecule has 1 atom stereocenters. The van der Waals surface area contributed by atoms with E-state index in [-0.39, 0.29) is 12.0 Å². The van der Waals surface area contributed by atoms with E-state index in [1.165, 1.54) is 5.56 Å². The molecule has 2 aliphatic rings. The number of aliphatic hydroxyl groups is 1. The van der Waals surface area contributed by atoms with Crippen LogP contribution >= 0.6 is 0 Å². The molecule has 4 heteroatoms. The van der Waals surface area contributed by atoms with E-state index in [1.54, 1.807) is 7.11 Å². The van der Waals surface area contributed by atoms with Crippen LogP contribution in [-0.4, -0.2) is 42.2 Å². The van der Waals surface area contributed by atoms with Crippen LogP contribution in [0.1, 0.15) is 37.7 Å². The molecule has 0 aromatic heterocycles. The van der Waals surface area contributed by atoms with Gasteiger partial charge in [0.05, 0.1) is 13.2 Å². The minimum Gasteiger partial charge on any atom is -0.497 e. The smallest absolute Gasteiger partial charge is 0.225 e. The molecule has 4 nitrogen and oxygen atoms in total. The predicted molar refractivity (Wildman–Crippen MR) is 89.3 cm³/mol. The summed E-state index contributed by atoms with van der Waals surface area (Å²) < 4.78 is 5.19. The van der Waals surface area contributed by atoms with E-state index < -0.39 is 0 Å².